The van der Waals surface area contributed by atoms with E-state index in [1.807, 2.05) is 6.07 Å². The van der Waals surface area contributed by atoms with Gasteiger partial charge in [-0.15, -0.1) is 0 Å². The average Bonchev–Trinajstić information content (AvgIpc) is 2.41. The molecule has 18 heavy (non-hydrogen) atoms. The molecule has 5 nitrogen and oxygen atoms in total. The van der Waals surface area contributed by atoms with Crippen LogP contribution < -0.4 is 5.32 Å². The molecule has 0 amide bonds. The standard InChI is InChI=1S/C13H18N2O3/c1-17-9-11-5-10(6-14)3-4-13(11)15-7-12(8-16)18-2/h3-5,12,15-16H,7-9H2,1-2H3/t12-/m0/s1. The minimum Gasteiger partial charge on any atom is -0.394 e. The smallest absolute Gasteiger partial charge is 0.0991 e. The van der Waals surface area contributed by atoms with Crippen molar-refractivity contribution >= 4 is 5.69 Å². The Balaban J connectivity index is 2.78. The molecule has 98 valence electrons. The highest BCUT2D eigenvalue weighted by Gasteiger charge is 2.08. The summed E-state index contributed by atoms with van der Waals surface area (Å²) in [6.07, 6.45) is -0.254. The van der Waals surface area contributed by atoms with Gasteiger partial charge in [0, 0.05) is 32.0 Å². The van der Waals surface area contributed by atoms with Crippen LogP contribution in [0.5, 0.6) is 0 Å². The lowest BCUT2D eigenvalue weighted by Crippen LogP contribution is -2.25. The first-order valence-corrected chi connectivity index (χ1v) is 5.64. The van der Waals surface area contributed by atoms with E-state index >= 15 is 0 Å². The van der Waals surface area contributed by atoms with Gasteiger partial charge in [-0.2, -0.15) is 5.26 Å². The summed E-state index contributed by atoms with van der Waals surface area (Å²) in [7, 11) is 3.16. The highest BCUT2D eigenvalue weighted by molar-refractivity contribution is 5.54. The van der Waals surface area contributed by atoms with Gasteiger partial charge in [0.15, 0.2) is 0 Å². The number of anilines is 1. The Hall–Kier alpha value is -1.61. The van der Waals surface area contributed by atoms with Gasteiger partial charge in [0.1, 0.15) is 0 Å². The number of nitrogens with one attached hydrogen (secondary N) is 1. The number of rotatable bonds is 7. The number of nitrogens with zero attached hydrogens (tertiary/aromatic N) is 1. The van der Waals surface area contributed by atoms with E-state index in [-0.39, 0.29) is 12.7 Å². The molecule has 1 aromatic carbocycles. The van der Waals surface area contributed by atoms with Gasteiger partial charge in [0.05, 0.1) is 31.0 Å². The molecule has 1 rings (SSSR count). The highest BCUT2D eigenvalue weighted by atomic mass is 16.5. The molecule has 0 spiro atoms. The Kier molecular flexibility index (Phi) is 6.15. The van der Waals surface area contributed by atoms with Crippen molar-refractivity contribution in [3.63, 3.8) is 0 Å². The predicted molar refractivity (Wildman–Crippen MR) is 68.2 cm³/mol. The average molecular weight is 250 g/mol. The number of nitriles is 1. The van der Waals surface area contributed by atoms with Crippen molar-refractivity contribution < 1.29 is 14.6 Å². The first-order chi connectivity index (χ1) is 8.74. The van der Waals surface area contributed by atoms with Gasteiger partial charge in [0.2, 0.25) is 0 Å². The molecule has 0 aliphatic heterocycles. The van der Waals surface area contributed by atoms with Gasteiger partial charge in [0.25, 0.3) is 0 Å². The third-order valence-corrected chi connectivity index (χ3v) is 2.59. The van der Waals surface area contributed by atoms with Crippen LogP contribution in [-0.4, -0.2) is 38.6 Å². The van der Waals surface area contributed by atoms with Crippen molar-refractivity contribution in [1.82, 2.24) is 0 Å². The van der Waals surface area contributed by atoms with E-state index in [1.165, 1.54) is 0 Å². The van der Waals surface area contributed by atoms with Crippen molar-refractivity contribution in [1.29, 1.82) is 5.26 Å². The predicted octanol–water partition coefficient (Wildman–Crippen LogP) is 1.12. The largest absolute Gasteiger partial charge is 0.394 e. The van der Waals surface area contributed by atoms with E-state index in [4.69, 9.17) is 19.8 Å². The molecule has 0 saturated carbocycles. The minimum atomic E-state index is -0.254. The topological polar surface area (TPSA) is 74.5 Å². The molecule has 0 aliphatic rings. The highest BCUT2D eigenvalue weighted by Crippen LogP contribution is 2.18. The molecule has 0 unspecified atom stereocenters. The molecule has 1 atom stereocenters. The molecule has 0 saturated heterocycles. The Morgan fingerprint density at radius 2 is 2.22 bits per heavy atom. The van der Waals surface area contributed by atoms with Gasteiger partial charge in [-0.25, -0.2) is 0 Å². The van der Waals surface area contributed by atoms with Crippen LogP contribution in [0, 0.1) is 11.3 Å². The van der Waals surface area contributed by atoms with E-state index in [2.05, 4.69) is 11.4 Å². The van der Waals surface area contributed by atoms with Crippen molar-refractivity contribution in [2.75, 3.05) is 32.7 Å². The lowest BCUT2D eigenvalue weighted by Gasteiger charge is -2.16. The summed E-state index contributed by atoms with van der Waals surface area (Å²) >= 11 is 0. The molecule has 0 aromatic heterocycles. The maximum atomic E-state index is 9.03. The summed E-state index contributed by atoms with van der Waals surface area (Å²) in [6, 6.07) is 7.45. The van der Waals surface area contributed by atoms with Crippen LogP contribution in [0.2, 0.25) is 0 Å². The molecular weight excluding hydrogens is 232 g/mol. The molecule has 5 heteroatoms. The second-order valence-corrected chi connectivity index (χ2v) is 3.84. The summed E-state index contributed by atoms with van der Waals surface area (Å²) in [5, 5.41) is 21.1. The number of ether oxygens (including phenoxy) is 2. The van der Waals surface area contributed by atoms with Crippen molar-refractivity contribution in [2.45, 2.75) is 12.7 Å². The number of hydrogen-bond acceptors (Lipinski definition) is 5. The Morgan fingerprint density at radius 1 is 1.44 bits per heavy atom. The quantitative estimate of drug-likeness (QED) is 0.758. The zero-order chi connectivity index (χ0) is 13.4. The first-order valence-electron chi connectivity index (χ1n) is 5.64. The van der Waals surface area contributed by atoms with Gasteiger partial charge in [-0.3, -0.25) is 0 Å². The normalized spacial score (nSPS) is 11.9. The fraction of sp³-hybridized carbons (Fsp3) is 0.462. The van der Waals surface area contributed by atoms with Crippen molar-refractivity contribution in [2.24, 2.45) is 0 Å². The molecule has 0 radical (unpaired) electrons. The van der Waals surface area contributed by atoms with E-state index in [0.29, 0.717) is 18.7 Å². The summed E-state index contributed by atoms with van der Waals surface area (Å²) in [4.78, 5) is 0. The SMILES string of the molecule is COCc1cc(C#N)ccc1NC[C@@H](CO)OC. The van der Waals surface area contributed by atoms with Crippen LogP contribution in [0.3, 0.4) is 0 Å². The Morgan fingerprint density at radius 3 is 2.78 bits per heavy atom. The molecule has 0 fully saturated rings. The third kappa shape index (κ3) is 4.00. The summed E-state index contributed by atoms with van der Waals surface area (Å²) in [5.41, 5.74) is 2.38. The zero-order valence-corrected chi connectivity index (χ0v) is 10.6. The molecule has 1 aromatic rings. The number of methoxy groups -OCH3 is 2. The van der Waals surface area contributed by atoms with Crippen LogP contribution in [0.15, 0.2) is 18.2 Å². The lowest BCUT2D eigenvalue weighted by atomic mass is 10.1. The summed E-state index contributed by atoms with van der Waals surface area (Å²) < 4.78 is 10.2. The van der Waals surface area contributed by atoms with Crippen LogP contribution in [0.25, 0.3) is 0 Å². The number of aliphatic hydroxyl groups is 1. The van der Waals surface area contributed by atoms with Crippen LogP contribution in [0.4, 0.5) is 5.69 Å². The number of benzene rings is 1. The maximum absolute atomic E-state index is 9.03. The second-order valence-electron chi connectivity index (χ2n) is 3.84. The summed E-state index contributed by atoms with van der Waals surface area (Å²) in [5.74, 6) is 0. The van der Waals surface area contributed by atoms with E-state index < -0.39 is 0 Å². The van der Waals surface area contributed by atoms with E-state index in [1.54, 1.807) is 26.4 Å². The van der Waals surface area contributed by atoms with Gasteiger partial charge in [-0.05, 0) is 18.2 Å². The molecule has 0 heterocycles. The van der Waals surface area contributed by atoms with Crippen molar-refractivity contribution in [3.8, 4) is 6.07 Å². The fourth-order valence-corrected chi connectivity index (χ4v) is 1.56. The summed E-state index contributed by atoms with van der Waals surface area (Å²) in [6.45, 7) is 0.879. The number of aliphatic hydroxyl groups excluding tert-OH is 1. The molecule has 2 N–H and O–H groups in total. The van der Waals surface area contributed by atoms with Crippen LogP contribution >= 0.6 is 0 Å². The maximum Gasteiger partial charge on any atom is 0.0991 e. The van der Waals surface area contributed by atoms with Crippen LogP contribution in [0.1, 0.15) is 11.1 Å². The van der Waals surface area contributed by atoms with E-state index in [9.17, 15) is 0 Å². The van der Waals surface area contributed by atoms with Gasteiger partial charge in [-0.1, -0.05) is 0 Å². The van der Waals surface area contributed by atoms with Crippen molar-refractivity contribution in [3.05, 3.63) is 29.3 Å². The lowest BCUT2D eigenvalue weighted by molar-refractivity contribution is 0.0581. The molecule has 0 bridgehead atoms. The Bertz CT molecular complexity index is 411. The minimum absolute atomic E-state index is 0.0423. The monoisotopic (exact) mass is 250 g/mol. The third-order valence-electron chi connectivity index (χ3n) is 2.59. The first kappa shape index (κ1) is 14.5. The molecular formula is C13H18N2O3. The van der Waals surface area contributed by atoms with E-state index in [0.717, 1.165) is 11.3 Å². The Labute approximate surface area is 107 Å². The molecule has 0 aliphatic carbocycles. The van der Waals surface area contributed by atoms with Gasteiger partial charge < -0.3 is 19.9 Å². The van der Waals surface area contributed by atoms with Crippen LogP contribution in [-0.2, 0) is 16.1 Å². The zero-order valence-electron chi connectivity index (χ0n) is 10.6. The fourth-order valence-electron chi connectivity index (χ4n) is 1.56. The second kappa shape index (κ2) is 7.67. The van der Waals surface area contributed by atoms with Gasteiger partial charge >= 0.3 is 0 Å². The number of hydrogen-bond donors (Lipinski definition) is 2.